The number of halogens is 2. The molecule has 4 heteroatoms. The Labute approximate surface area is 138 Å². The summed E-state index contributed by atoms with van der Waals surface area (Å²) in [4.78, 5) is 2.63. The SMILES string of the molecule is CCCC1CN(CCc2ccc(Cl)cc2Cl)C(CC)CN1. The number of benzene rings is 1. The first-order valence-corrected chi connectivity index (χ1v) is 8.81. The third kappa shape index (κ3) is 4.85. The van der Waals surface area contributed by atoms with Gasteiger partial charge in [-0.25, -0.2) is 0 Å². The second kappa shape index (κ2) is 8.38. The molecule has 0 saturated carbocycles. The van der Waals surface area contributed by atoms with Crippen LogP contribution in [0.2, 0.25) is 10.0 Å². The van der Waals surface area contributed by atoms with Crippen molar-refractivity contribution < 1.29 is 0 Å². The maximum atomic E-state index is 6.28. The Kier molecular flexibility index (Phi) is 6.81. The fraction of sp³-hybridized carbons (Fsp3) is 0.647. The molecule has 1 heterocycles. The Morgan fingerprint density at radius 2 is 2.10 bits per heavy atom. The van der Waals surface area contributed by atoms with E-state index >= 15 is 0 Å². The fourth-order valence-corrected chi connectivity index (χ4v) is 3.64. The van der Waals surface area contributed by atoms with Crippen LogP contribution in [0.4, 0.5) is 0 Å². The van der Waals surface area contributed by atoms with Gasteiger partial charge in [0.15, 0.2) is 0 Å². The van der Waals surface area contributed by atoms with Crippen LogP contribution in [0.1, 0.15) is 38.7 Å². The number of rotatable bonds is 6. The first kappa shape index (κ1) is 17.1. The summed E-state index contributed by atoms with van der Waals surface area (Å²) in [6.07, 6.45) is 4.69. The van der Waals surface area contributed by atoms with Gasteiger partial charge < -0.3 is 5.32 Å². The van der Waals surface area contributed by atoms with E-state index in [1.165, 1.54) is 24.8 Å². The van der Waals surface area contributed by atoms with E-state index < -0.39 is 0 Å². The molecule has 0 bridgehead atoms. The topological polar surface area (TPSA) is 15.3 Å². The van der Waals surface area contributed by atoms with Gasteiger partial charge in [-0.05, 0) is 37.0 Å². The first-order valence-electron chi connectivity index (χ1n) is 8.05. The lowest BCUT2D eigenvalue weighted by Crippen LogP contribution is -2.56. The lowest BCUT2D eigenvalue weighted by atomic mass is 10.0. The van der Waals surface area contributed by atoms with Gasteiger partial charge in [0.25, 0.3) is 0 Å². The van der Waals surface area contributed by atoms with Crippen molar-refractivity contribution in [2.24, 2.45) is 0 Å². The zero-order valence-corrected chi connectivity index (χ0v) is 14.6. The molecule has 1 fully saturated rings. The number of piperazine rings is 1. The summed E-state index contributed by atoms with van der Waals surface area (Å²) < 4.78 is 0. The van der Waals surface area contributed by atoms with Crippen molar-refractivity contribution in [1.29, 1.82) is 0 Å². The molecule has 118 valence electrons. The van der Waals surface area contributed by atoms with Crippen LogP contribution in [0, 0.1) is 0 Å². The highest BCUT2D eigenvalue weighted by atomic mass is 35.5. The van der Waals surface area contributed by atoms with Gasteiger partial charge in [-0.2, -0.15) is 0 Å². The van der Waals surface area contributed by atoms with Crippen molar-refractivity contribution in [3.8, 4) is 0 Å². The molecule has 2 nitrogen and oxygen atoms in total. The van der Waals surface area contributed by atoms with Crippen LogP contribution < -0.4 is 5.32 Å². The minimum atomic E-state index is 0.637. The molecule has 21 heavy (non-hydrogen) atoms. The summed E-state index contributed by atoms with van der Waals surface area (Å²) in [6.45, 7) is 7.86. The van der Waals surface area contributed by atoms with E-state index in [-0.39, 0.29) is 0 Å². The Hall–Kier alpha value is -0.280. The summed E-state index contributed by atoms with van der Waals surface area (Å²) in [5, 5.41) is 5.18. The highest BCUT2D eigenvalue weighted by Gasteiger charge is 2.25. The monoisotopic (exact) mass is 328 g/mol. The number of hydrogen-bond donors (Lipinski definition) is 1. The van der Waals surface area contributed by atoms with Crippen molar-refractivity contribution in [3.05, 3.63) is 33.8 Å². The van der Waals surface area contributed by atoms with Crippen molar-refractivity contribution in [3.63, 3.8) is 0 Å². The Morgan fingerprint density at radius 3 is 2.76 bits per heavy atom. The van der Waals surface area contributed by atoms with E-state index in [1.54, 1.807) is 0 Å². The van der Waals surface area contributed by atoms with Crippen LogP contribution >= 0.6 is 23.2 Å². The summed E-state index contributed by atoms with van der Waals surface area (Å²) in [5.74, 6) is 0. The Bertz CT molecular complexity index is 450. The molecule has 0 aromatic heterocycles. The van der Waals surface area contributed by atoms with Crippen LogP contribution in [0.5, 0.6) is 0 Å². The Balaban J connectivity index is 1.95. The summed E-state index contributed by atoms with van der Waals surface area (Å²) in [7, 11) is 0. The molecule has 1 saturated heterocycles. The van der Waals surface area contributed by atoms with Gasteiger partial charge in [0.1, 0.15) is 0 Å². The average Bonchev–Trinajstić information content (AvgIpc) is 2.47. The number of hydrogen-bond acceptors (Lipinski definition) is 2. The van der Waals surface area contributed by atoms with Gasteiger partial charge in [0.05, 0.1) is 0 Å². The summed E-state index contributed by atoms with van der Waals surface area (Å²) in [6, 6.07) is 7.10. The van der Waals surface area contributed by atoms with Crippen LogP contribution in [0.15, 0.2) is 18.2 Å². The predicted octanol–water partition coefficient (Wildman–Crippen LogP) is 4.39. The predicted molar refractivity (Wildman–Crippen MR) is 92.5 cm³/mol. The molecule has 2 unspecified atom stereocenters. The minimum Gasteiger partial charge on any atom is -0.311 e. The lowest BCUT2D eigenvalue weighted by Gasteiger charge is -2.40. The molecule has 2 rings (SSSR count). The molecule has 1 aromatic carbocycles. The summed E-state index contributed by atoms with van der Waals surface area (Å²) in [5.41, 5.74) is 1.20. The molecule has 1 aromatic rings. The molecular weight excluding hydrogens is 303 g/mol. The standard InChI is InChI=1S/C17H26Cl2N2/c1-3-5-15-12-21(16(4-2)11-20-15)9-8-13-6-7-14(18)10-17(13)19/h6-7,10,15-16,20H,3-5,8-9,11-12H2,1-2H3. The first-order chi connectivity index (χ1) is 10.1. The highest BCUT2D eigenvalue weighted by Crippen LogP contribution is 2.22. The van der Waals surface area contributed by atoms with Crippen LogP contribution in [0.25, 0.3) is 0 Å². The van der Waals surface area contributed by atoms with Crippen molar-refractivity contribution in [1.82, 2.24) is 10.2 Å². The van der Waals surface area contributed by atoms with E-state index in [0.29, 0.717) is 17.1 Å². The van der Waals surface area contributed by atoms with Gasteiger partial charge in [-0.1, -0.05) is 49.5 Å². The van der Waals surface area contributed by atoms with E-state index in [2.05, 4.69) is 30.1 Å². The third-order valence-electron chi connectivity index (χ3n) is 4.41. The molecule has 2 atom stereocenters. The molecule has 1 aliphatic heterocycles. The molecule has 0 radical (unpaired) electrons. The fourth-order valence-electron chi connectivity index (χ4n) is 3.14. The van der Waals surface area contributed by atoms with Gasteiger partial charge in [0.2, 0.25) is 0 Å². The third-order valence-corrected chi connectivity index (χ3v) is 4.99. The smallest absolute Gasteiger partial charge is 0.0453 e. The molecule has 1 N–H and O–H groups in total. The maximum absolute atomic E-state index is 6.28. The summed E-state index contributed by atoms with van der Waals surface area (Å²) >= 11 is 12.2. The largest absolute Gasteiger partial charge is 0.311 e. The number of nitrogens with one attached hydrogen (secondary N) is 1. The second-order valence-electron chi connectivity index (χ2n) is 5.94. The average molecular weight is 329 g/mol. The van der Waals surface area contributed by atoms with Crippen molar-refractivity contribution in [2.75, 3.05) is 19.6 Å². The van der Waals surface area contributed by atoms with E-state index in [1.807, 2.05) is 12.1 Å². The van der Waals surface area contributed by atoms with Gasteiger partial charge in [-0.3, -0.25) is 4.90 Å². The molecule has 0 spiro atoms. The van der Waals surface area contributed by atoms with Crippen LogP contribution in [0.3, 0.4) is 0 Å². The maximum Gasteiger partial charge on any atom is 0.0453 e. The molecule has 0 aliphatic carbocycles. The van der Waals surface area contributed by atoms with Gasteiger partial charge in [0, 0.05) is 41.8 Å². The molecule has 1 aliphatic rings. The quantitative estimate of drug-likeness (QED) is 0.833. The van der Waals surface area contributed by atoms with Gasteiger partial charge in [-0.15, -0.1) is 0 Å². The van der Waals surface area contributed by atoms with Crippen molar-refractivity contribution in [2.45, 2.75) is 51.6 Å². The van der Waals surface area contributed by atoms with E-state index in [0.717, 1.165) is 31.1 Å². The second-order valence-corrected chi connectivity index (χ2v) is 6.78. The molecule has 0 amide bonds. The van der Waals surface area contributed by atoms with Crippen LogP contribution in [-0.2, 0) is 6.42 Å². The minimum absolute atomic E-state index is 0.637. The van der Waals surface area contributed by atoms with Gasteiger partial charge >= 0.3 is 0 Å². The normalized spacial score (nSPS) is 23.4. The lowest BCUT2D eigenvalue weighted by molar-refractivity contribution is 0.124. The number of nitrogens with zero attached hydrogens (tertiary/aromatic N) is 1. The zero-order valence-electron chi connectivity index (χ0n) is 13.0. The van der Waals surface area contributed by atoms with Crippen molar-refractivity contribution >= 4 is 23.2 Å². The zero-order chi connectivity index (χ0) is 15.2. The van der Waals surface area contributed by atoms with E-state index in [9.17, 15) is 0 Å². The molecular formula is C17H26Cl2N2. The van der Waals surface area contributed by atoms with Crippen LogP contribution in [-0.4, -0.2) is 36.6 Å². The van der Waals surface area contributed by atoms with E-state index in [4.69, 9.17) is 23.2 Å². The highest BCUT2D eigenvalue weighted by molar-refractivity contribution is 6.35. The Morgan fingerprint density at radius 1 is 1.29 bits per heavy atom.